The van der Waals surface area contributed by atoms with Crippen LogP contribution < -0.4 is 5.32 Å². The van der Waals surface area contributed by atoms with E-state index in [9.17, 15) is 0 Å². The Morgan fingerprint density at radius 1 is 1.28 bits per heavy atom. The third-order valence-electron chi connectivity index (χ3n) is 3.74. The van der Waals surface area contributed by atoms with Gasteiger partial charge in [0.25, 0.3) is 0 Å². The number of hydrogen-bond donors (Lipinski definition) is 1. The fourth-order valence-electron chi connectivity index (χ4n) is 2.48. The number of aryl methyl sites for hydroxylation is 2. The van der Waals surface area contributed by atoms with Crippen molar-refractivity contribution in [2.45, 2.75) is 38.8 Å². The number of benzene rings is 1. The van der Waals surface area contributed by atoms with Crippen LogP contribution in [0.5, 0.6) is 0 Å². The van der Waals surface area contributed by atoms with Crippen LogP contribution >= 0.6 is 0 Å². The Morgan fingerprint density at radius 3 is 2.72 bits per heavy atom. The number of aromatic nitrogens is 1. The number of rotatable bonds is 4. The molecular weight excluding hydrogens is 224 g/mol. The van der Waals surface area contributed by atoms with Gasteiger partial charge in [0.2, 0.25) is 0 Å². The highest BCUT2D eigenvalue weighted by atomic mass is 16.5. The second-order valence-corrected chi connectivity index (χ2v) is 5.04. The Kier molecular flexibility index (Phi) is 2.92. The maximum atomic E-state index is 5.17. The van der Waals surface area contributed by atoms with Gasteiger partial charge in [-0.3, -0.25) is 0 Å². The summed E-state index contributed by atoms with van der Waals surface area (Å²) in [7, 11) is 0. The zero-order valence-electron chi connectivity index (χ0n) is 10.8. The predicted octanol–water partition coefficient (Wildman–Crippen LogP) is 2.94. The van der Waals surface area contributed by atoms with Gasteiger partial charge in [0.1, 0.15) is 5.76 Å². The second-order valence-electron chi connectivity index (χ2n) is 5.04. The van der Waals surface area contributed by atoms with Crippen molar-refractivity contribution in [3.63, 3.8) is 0 Å². The molecule has 0 spiro atoms. The fourth-order valence-corrected chi connectivity index (χ4v) is 2.48. The molecule has 2 aromatic rings. The maximum absolute atomic E-state index is 5.17. The molecule has 1 aromatic heterocycles. The third-order valence-corrected chi connectivity index (χ3v) is 3.74. The van der Waals surface area contributed by atoms with Gasteiger partial charge in [-0.1, -0.05) is 35.5 Å². The Balaban J connectivity index is 1.58. The second kappa shape index (κ2) is 4.58. The van der Waals surface area contributed by atoms with Crippen molar-refractivity contribution in [1.82, 2.24) is 10.5 Å². The van der Waals surface area contributed by atoms with E-state index in [1.165, 1.54) is 17.5 Å². The third kappa shape index (κ3) is 2.18. The molecule has 1 aliphatic rings. The first kappa shape index (κ1) is 11.5. The van der Waals surface area contributed by atoms with E-state index < -0.39 is 0 Å². The molecule has 3 nitrogen and oxygen atoms in total. The molecule has 0 radical (unpaired) electrons. The summed E-state index contributed by atoms with van der Waals surface area (Å²) in [5.74, 6) is 1.60. The van der Waals surface area contributed by atoms with Crippen LogP contribution in [0.3, 0.4) is 0 Å². The van der Waals surface area contributed by atoms with E-state index >= 15 is 0 Å². The lowest BCUT2D eigenvalue weighted by atomic mass is 10.1. The zero-order chi connectivity index (χ0) is 12.5. The highest BCUT2D eigenvalue weighted by Gasteiger charge is 2.37. The van der Waals surface area contributed by atoms with Gasteiger partial charge in [-0.05, 0) is 25.8 Å². The average molecular weight is 242 g/mol. The molecule has 0 saturated heterocycles. The van der Waals surface area contributed by atoms with E-state index in [0.29, 0.717) is 12.0 Å². The lowest BCUT2D eigenvalue weighted by Gasteiger charge is -2.04. The molecule has 18 heavy (non-hydrogen) atoms. The van der Waals surface area contributed by atoms with Gasteiger partial charge in [-0.2, -0.15) is 0 Å². The van der Waals surface area contributed by atoms with E-state index in [1.54, 1.807) is 0 Å². The molecule has 1 saturated carbocycles. The molecule has 1 aromatic carbocycles. The van der Waals surface area contributed by atoms with Crippen LogP contribution in [0.25, 0.3) is 0 Å². The fraction of sp³-hybridized carbons (Fsp3) is 0.400. The minimum absolute atomic E-state index is 0.598. The molecule has 1 heterocycles. The zero-order valence-corrected chi connectivity index (χ0v) is 10.8. The highest BCUT2D eigenvalue weighted by Crippen LogP contribution is 2.40. The molecule has 1 N–H and O–H groups in total. The van der Waals surface area contributed by atoms with Crippen LogP contribution in [0, 0.1) is 13.8 Å². The summed E-state index contributed by atoms with van der Waals surface area (Å²) in [5, 5.41) is 7.57. The Bertz CT molecular complexity index is 513. The molecule has 1 fully saturated rings. The number of hydrogen-bond acceptors (Lipinski definition) is 3. The molecule has 2 atom stereocenters. The van der Waals surface area contributed by atoms with Crippen LogP contribution in [0.15, 0.2) is 34.9 Å². The van der Waals surface area contributed by atoms with Gasteiger partial charge in [-0.15, -0.1) is 0 Å². The number of nitrogens with one attached hydrogen (secondary N) is 1. The van der Waals surface area contributed by atoms with Crippen LogP contribution in [0.1, 0.15) is 34.9 Å². The van der Waals surface area contributed by atoms with Gasteiger partial charge < -0.3 is 9.84 Å². The summed E-state index contributed by atoms with van der Waals surface area (Å²) in [6, 6.07) is 11.3. The smallest absolute Gasteiger partial charge is 0.138 e. The summed E-state index contributed by atoms with van der Waals surface area (Å²) in [4.78, 5) is 0. The summed E-state index contributed by atoms with van der Waals surface area (Å²) in [6.45, 7) is 4.82. The average Bonchev–Trinajstić information content (AvgIpc) is 3.10. The molecule has 0 aliphatic heterocycles. The largest absolute Gasteiger partial charge is 0.361 e. The van der Waals surface area contributed by atoms with Crippen molar-refractivity contribution in [2.75, 3.05) is 0 Å². The maximum Gasteiger partial charge on any atom is 0.138 e. The van der Waals surface area contributed by atoms with E-state index in [2.05, 4.69) is 40.8 Å². The molecule has 0 bridgehead atoms. The topological polar surface area (TPSA) is 38.1 Å². The lowest BCUT2D eigenvalue weighted by molar-refractivity contribution is 0.392. The standard InChI is InChI=1S/C15H18N2O/c1-10-14(11(2)18-17-10)9-16-15-8-13(15)12-6-4-3-5-7-12/h3-7,13,15-16H,8-9H2,1-2H3. The Labute approximate surface area is 107 Å². The first-order valence-electron chi connectivity index (χ1n) is 6.46. The molecule has 3 rings (SSSR count). The van der Waals surface area contributed by atoms with Gasteiger partial charge in [-0.25, -0.2) is 0 Å². The summed E-state index contributed by atoms with van der Waals surface area (Å²) in [5.41, 5.74) is 3.64. The summed E-state index contributed by atoms with van der Waals surface area (Å²) in [6.07, 6.45) is 1.23. The van der Waals surface area contributed by atoms with E-state index in [-0.39, 0.29) is 0 Å². The number of nitrogens with zero attached hydrogens (tertiary/aromatic N) is 1. The quantitative estimate of drug-likeness (QED) is 0.895. The van der Waals surface area contributed by atoms with Gasteiger partial charge in [0, 0.05) is 24.1 Å². The molecule has 2 unspecified atom stereocenters. The van der Waals surface area contributed by atoms with Crippen LogP contribution in [-0.2, 0) is 6.54 Å². The SMILES string of the molecule is Cc1noc(C)c1CNC1CC1c1ccccc1. The molecule has 3 heteroatoms. The van der Waals surface area contributed by atoms with Crippen molar-refractivity contribution >= 4 is 0 Å². The predicted molar refractivity (Wildman–Crippen MR) is 70.4 cm³/mol. The monoisotopic (exact) mass is 242 g/mol. The summed E-state index contributed by atoms with van der Waals surface area (Å²) < 4.78 is 5.17. The van der Waals surface area contributed by atoms with Gasteiger partial charge in [0.15, 0.2) is 0 Å². The highest BCUT2D eigenvalue weighted by molar-refractivity contribution is 5.28. The van der Waals surface area contributed by atoms with E-state index in [4.69, 9.17) is 4.52 Å². The van der Waals surface area contributed by atoms with Crippen LogP contribution in [-0.4, -0.2) is 11.2 Å². The van der Waals surface area contributed by atoms with Gasteiger partial charge in [0.05, 0.1) is 5.69 Å². The molecular formula is C15H18N2O. The molecule has 1 aliphatic carbocycles. The first-order chi connectivity index (χ1) is 8.75. The molecule has 0 amide bonds. The summed E-state index contributed by atoms with van der Waals surface area (Å²) >= 11 is 0. The molecule has 94 valence electrons. The van der Waals surface area contributed by atoms with Crippen molar-refractivity contribution < 1.29 is 4.52 Å². The normalized spacial score (nSPS) is 22.1. The first-order valence-corrected chi connectivity index (χ1v) is 6.46. The van der Waals surface area contributed by atoms with Crippen LogP contribution in [0.2, 0.25) is 0 Å². The Morgan fingerprint density at radius 2 is 2.06 bits per heavy atom. The van der Waals surface area contributed by atoms with Crippen molar-refractivity contribution in [1.29, 1.82) is 0 Å². The van der Waals surface area contributed by atoms with Gasteiger partial charge >= 0.3 is 0 Å². The Hall–Kier alpha value is -1.61. The van der Waals surface area contributed by atoms with Crippen LogP contribution in [0.4, 0.5) is 0 Å². The minimum atomic E-state index is 0.598. The van der Waals surface area contributed by atoms with Crippen molar-refractivity contribution in [2.24, 2.45) is 0 Å². The van der Waals surface area contributed by atoms with Crippen molar-refractivity contribution in [3.05, 3.63) is 52.9 Å². The van der Waals surface area contributed by atoms with Crippen molar-refractivity contribution in [3.8, 4) is 0 Å². The van der Waals surface area contributed by atoms with E-state index in [1.807, 2.05) is 13.8 Å². The van der Waals surface area contributed by atoms with E-state index in [0.717, 1.165) is 18.0 Å². The lowest BCUT2D eigenvalue weighted by Crippen LogP contribution is -2.18. The minimum Gasteiger partial charge on any atom is -0.361 e.